The zero-order chi connectivity index (χ0) is 10.8. The third-order valence-electron chi connectivity index (χ3n) is 3.00. The van der Waals surface area contributed by atoms with Gasteiger partial charge < -0.3 is 10.3 Å². The van der Waals surface area contributed by atoms with Crippen LogP contribution in [0.2, 0.25) is 0 Å². The van der Waals surface area contributed by atoms with E-state index in [1.807, 2.05) is 0 Å². The van der Waals surface area contributed by atoms with Crippen molar-refractivity contribution in [3.05, 3.63) is 12.7 Å². The van der Waals surface area contributed by atoms with Crippen LogP contribution >= 0.6 is 0 Å². The molecular formula is C11H15N5. The number of rotatable bonds is 5. The predicted octanol–water partition coefficient (Wildman–Crippen LogP) is 1.95. The number of H-pyrrole nitrogens is 1. The number of hydrogen-bond donors (Lipinski definition) is 2. The molecule has 5 heteroatoms. The molecule has 0 atom stereocenters. The molecule has 0 aromatic carbocycles. The topological polar surface area (TPSA) is 66.5 Å². The maximum atomic E-state index is 4.22. The average Bonchev–Trinajstić information content (AvgIpc) is 3.00. The third kappa shape index (κ3) is 1.98. The summed E-state index contributed by atoms with van der Waals surface area (Å²) in [4.78, 5) is 15.4. The van der Waals surface area contributed by atoms with E-state index in [0.29, 0.717) is 0 Å². The molecule has 2 aromatic heterocycles. The van der Waals surface area contributed by atoms with Crippen molar-refractivity contribution >= 4 is 17.0 Å². The molecule has 0 amide bonds. The Hall–Kier alpha value is -1.65. The van der Waals surface area contributed by atoms with Crippen LogP contribution in [0.4, 0.5) is 5.82 Å². The minimum Gasteiger partial charge on any atom is -0.368 e. The minimum absolute atomic E-state index is 0.722. The van der Waals surface area contributed by atoms with Gasteiger partial charge in [0, 0.05) is 6.54 Å². The first-order chi connectivity index (χ1) is 7.93. The van der Waals surface area contributed by atoms with Gasteiger partial charge in [-0.2, -0.15) is 0 Å². The van der Waals surface area contributed by atoms with Crippen LogP contribution in [0.3, 0.4) is 0 Å². The van der Waals surface area contributed by atoms with Crippen LogP contribution in [0.25, 0.3) is 11.2 Å². The molecule has 84 valence electrons. The molecule has 3 rings (SSSR count). The van der Waals surface area contributed by atoms with Crippen LogP contribution in [0.15, 0.2) is 12.7 Å². The number of fused-ring (bicyclic) bond motifs is 1. The molecule has 1 saturated carbocycles. The van der Waals surface area contributed by atoms with Gasteiger partial charge in [-0.15, -0.1) is 0 Å². The lowest BCUT2D eigenvalue weighted by atomic mass is 10.2. The Kier molecular flexibility index (Phi) is 2.44. The quantitative estimate of drug-likeness (QED) is 0.751. The van der Waals surface area contributed by atoms with Gasteiger partial charge in [-0.05, 0) is 18.8 Å². The molecule has 0 saturated heterocycles. The van der Waals surface area contributed by atoms with E-state index in [9.17, 15) is 0 Å². The van der Waals surface area contributed by atoms with Gasteiger partial charge >= 0.3 is 0 Å². The van der Waals surface area contributed by atoms with Crippen molar-refractivity contribution in [2.45, 2.75) is 25.7 Å². The van der Waals surface area contributed by atoms with Crippen molar-refractivity contribution < 1.29 is 0 Å². The van der Waals surface area contributed by atoms with E-state index < -0.39 is 0 Å². The Bertz CT molecular complexity index is 474. The van der Waals surface area contributed by atoms with Gasteiger partial charge in [0.2, 0.25) is 0 Å². The summed E-state index contributed by atoms with van der Waals surface area (Å²) >= 11 is 0. The molecule has 0 bridgehead atoms. The van der Waals surface area contributed by atoms with Gasteiger partial charge in [0.15, 0.2) is 11.5 Å². The van der Waals surface area contributed by atoms with Crippen molar-refractivity contribution in [2.24, 2.45) is 5.92 Å². The molecule has 1 fully saturated rings. The SMILES string of the molecule is c1nc(NCCCC2CC2)c2[nH]cnc2n1. The van der Waals surface area contributed by atoms with E-state index >= 15 is 0 Å². The Morgan fingerprint density at radius 2 is 2.25 bits per heavy atom. The molecule has 2 heterocycles. The Labute approximate surface area is 93.7 Å². The standard InChI is InChI=1S/C11H15N5/c1(2-8-3-4-8)5-12-10-9-11(14-6-13-9)16-7-15-10/h6-8H,1-5H2,(H2,12,13,14,15,16). The molecule has 16 heavy (non-hydrogen) atoms. The third-order valence-corrected chi connectivity index (χ3v) is 3.00. The van der Waals surface area contributed by atoms with Gasteiger partial charge in [0.1, 0.15) is 11.8 Å². The molecule has 0 spiro atoms. The predicted molar refractivity (Wildman–Crippen MR) is 62.1 cm³/mol. The highest BCUT2D eigenvalue weighted by Gasteiger charge is 2.19. The van der Waals surface area contributed by atoms with Gasteiger partial charge in [0.25, 0.3) is 0 Å². The van der Waals surface area contributed by atoms with Crippen molar-refractivity contribution in [1.29, 1.82) is 0 Å². The van der Waals surface area contributed by atoms with Crippen molar-refractivity contribution in [2.75, 3.05) is 11.9 Å². The van der Waals surface area contributed by atoms with E-state index in [2.05, 4.69) is 25.3 Å². The zero-order valence-electron chi connectivity index (χ0n) is 9.11. The summed E-state index contributed by atoms with van der Waals surface area (Å²) < 4.78 is 0. The fourth-order valence-electron chi connectivity index (χ4n) is 1.90. The smallest absolute Gasteiger partial charge is 0.182 e. The molecule has 1 aliphatic carbocycles. The first-order valence-corrected chi connectivity index (χ1v) is 5.81. The van der Waals surface area contributed by atoms with Crippen molar-refractivity contribution in [1.82, 2.24) is 19.9 Å². The highest BCUT2D eigenvalue weighted by molar-refractivity contribution is 5.81. The Balaban J connectivity index is 1.61. The monoisotopic (exact) mass is 217 g/mol. The lowest BCUT2D eigenvalue weighted by Crippen LogP contribution is -2.04. The van der Waals surface area contributed by atoms with Crippen LogP contribution in [-0.2, 0) is 0 Å². The molecule has 0 radical (unpaired) electrons. The van der Waals surface area contributed by atoms with Gasteiger partial charge in [-0.3, -0.25) is 0 Å². The maximum absolute atomic E-state index is 4.22. The van der Waals surface area contributed by atoms with Crippen LogP contribution in [0.1, 0.15) is 25.7 Å². The summed E-state index contributed by atoms with van der Waals surface area (Å²) in [5.41, 5.74) is 1.62. The lowest BCUT2D eigenvalue weighted by Gasteiger charge is -2.04. The summed E-state index contributed by atoms with van der Waals surface area (Å²) in [7, 11) is 0. The summed E-state index contributed by atoms with van der Waals surface area (Å²) in [5, 5.41) is 3.33. The molecule has 1 aliphatic rings. The van der Waals surface area contributed by atoms with Crippen LogP contribution < -0.4 is 5.32 Å². The summed E-state index contributed by atoms with van der Waals surface area (Å²) in [5.74, 6) is 1.86. The van der Waals surface area contributed by atoms with Crippen LogP contribution in [0, 0.1) is 5.92 Å². The second kappa shape index (κ2) is 4.08. The van der Waals surface area contributed by atoms with Crippen molar-refractivity contribution in [3.8, 4) is 0 Å². The molecule has 2 aromatic rings. The number of imidazole rings is 1. The summed E-state index contributed by atoms with van der Waals surface area (Å²) in [6, 6.07) is 0. The van der Waals surface area contributed by atoms with E-state index in [1.165, 1.54) is 25.7 Å². The normalized spacial score (nSPS) is 15.5. The maximum Gasteiger partial charge on any atom is 0.182 e. The summed E-state index contributed by atoms with van der Waals surface area (Å²) in [6.07, 6.45) is 8.60. The molecular weight excluding hydrogens is 202 g/mol. The second-order valence-corrected chi connectivity index (χ2v) is 4.34. The largest absolute Gasteiger partial charge is 0.368 e. The summed E-state index contributed by atoms with van der Waals surface area (Å²) in [6.45, 7) is 0.974. The fourth-order valence-corrected chi connectivity index (χ4v) is 1.90. The average molecular weight is 217 g/mol. The lowest BCUT2D eigenvalue weighted by molar-refractivity contribution is 0.686. The second-order valence-electron chi connectivity index (χ2n) is 4.34. The molecule has 0 aliphatic heterocycles. The minimum atomic E-state index is 0.722. The molecule has 5 nitrogen and oxygen atoms in total. The van der Waals surface area contributed by atoms with Crippen LogP contribution in [-0.4, -0.2) is 26.5 Å². The van der Waals surface area contributed by atoms with Gasteiger partial charge in [-0.1, -0.05) is 12.8 Å². The number of nitrogens with zero attached hydrogens (tertiary/aromatic N) is 3. The number of anilines is 1. The number of hydrogen-bond acceptors (Lipinski definition) is 4. The molecule has 0 unspecified atom stereocenters. The van der Waals surface area contributed by atoms with Gasteiger partial charge in [-0.25, -0.2) is 15.0 Å². The number of aromatic nitrogens is 4. The van der Waals surface area contributed by atoms with Crippen molar-refractivity contribution in [3.63, 3.8) is 0 Å². The number of aromatic amines is 1. The fraction of sp³-hybridized carbons (Fsp3) is 0.545. The van der Waals surface area contributed by atoms with Gasteiger partial charge in [0.05, 0.1) is 6.33 Å². The van der Waals surface area contributed by atoms with E-state index in [-0.39, 0.29) is 0 Å². The zero-order valence-corrected chi connectivity index (χ0v) is 9.11. The highest BCUT2D eigenvalue weighted by Crippen LogP contribution is 2.33. The first kappa shape index (κ1) is 9.57. The van der Waals surface area contributed by atoms with E-state index in [0.717, 1.165) is 29.4 Å². The van der Waals surface area contributed by atoms with E-state index in [1.54, 1.807) is 12.7 Å². The number of nitrogens with one attached hydrogen (secondary N) is 2. The first-order valence-electron chi connectivity index (χ1n) is 5.81. The highest BCUT2D eigenvalue weighted by atomic mass is 15.1. The Morgan fingerprint density at radius 3 is 3.12 bits per heavy atom. The Morgan fingerprint density at radius 1 is 1.31 bits per heavy atom. The molecule has 2 N–H and O–H groups in total. The van der Waals surface area contributed by atoms with E-state index in [4.69, 9.17) is 0 Å². The van der Waals surface area contributed by atoms with Crippen LogP contribution in [0.5, 0.6) is 0 Å².